The van der Waals surface area contributed by atoms with Crippen LogP contribution in [0, 0.1) is 5.92 Å². The van der Waals surface area contributed by atoms with Gasteiger partial charge < -0.3 is 9.84 Å². The molecule has 0 aromatic heterocycles. The molecule has 0 spiro atoms. The van der Waals surface area contributed by atoms with Gasteiger partial charge in [0.15, 0.2) is 5.79 Å². The van der Waals surface area contributed by atoms with E-state index < -0.39 is 5.79 Å². The first-order valence-corrected chi connectivity index (χ1v) is 3.42. The van der Waals surface area contributed by atoms with Crippen molar-refractivity contribution >= 4 is 0 Å². The van der Waals surface area contributed by atoms with Gasteiger partial charge >= 0.3 is 0 Å². The van der Waals surface area contributed by atoms with Crippen LogP contribution in [0.3, 0.4) is 0 Å². The van der Waals surface area contributed by atoms with E-state index >= 15 is 0 Å². The molecule has 54 valence electrons. The van der Waals surface area contributed by atoms with Crippen molar-refractivity contribution in [1.82, 2.24) is 0 Å². The molecule has 1 fully saturated rings. The molecule has 1 saturated heterocycles. The lowest BCUT2D eigenvalue weighted by Gasteiger charge is -1.99. The highest BCUT2D eigenvalue weighted by atomic mass is 16.7. The van der Waals surface area contributed by atoms with Crippen LogP contribution < -0.4 is 0 Å². The average molecular weight is 130 g/mol. The van der Waals surface area contributed by atoms with E-state index in [1.54, 1.807) is 6.92 Å². The summed E-state index contributed by atoms with van der Waals surface area (Å²) in [5.74, 6) is -0.187. The molecule has 0 bridgehead atoms. The van der Waals surface area contributed by atoms with E-state index in [2.05, 4.69) is 13.8 Å². The maximum absolute atomic E-state index is 9.12. The Hall–Kier alpha value is -0.0800. The third-order valence-corrected chi connectivity index (χ3v) is 1.61. The number of hydrogen-bond acceptors (Lipinski definition) is 2. The summed E-state index contributed by atoms with van der Waals surface area (Å²) >= 11 is 0. The van der Waals surface area contributed by atoms with Crippen molar-refractivity contribution in [2.75, 3.05) is 0 Å². The molecule has 1 rings (SSSR count). The lowest BCUT2D eigenvalue weighted by molar-refractivity contribution is 0.0549. The molecular weight excluding hydrogens is 116 g/mol. The zero-order valence-electron chi connectivity index (χ0n) is 6.22. The number of epoxide rings is 1. The lowest BCUT2D eigenvalue weighted by Crippen LogP contribution is -2.09. The Morgan fingerprint density at radius 2 is 2.11 bits per heavy atom. The molecule has 0 aliphatic carbocycles. The minimum absolute atomic E-state index is 0.0949. The van der Waals surface area contributed by atoms with Crippen LogP contribution in [-0.2, 0) is 4.74 Å². The zero-order valence-corrected chi connectivity index (χ0v) is 6.22. The Bertz CT molecular complexity index is 107. The zero-order chi connectivity index (χ0) is 7.07. The van der Waals surface area contributed by atoms with E-state index in [4.69, 9.17) is 9.84 Å². The standard InChI is InChI=1S/C7H14O2/c1-5(2)4-6-7(3,8)9-6/h5-6,8H,4H2,1-3H3/t6?,7-/m1/s1. The van der Waals surface area contributed by atoms with E-state index in [1.807, 2.05) is 0 Å². The second kappa shape index (κ2) is 1.96. The lowest BCUT2D eigenvalue weighted by atomic mass is 10.1. The summed E-state index contributed by atoms with van der Waals surface area (Å²) in [6.45, 7) is 5.95. The van der Waals surface area contributed by atoms with Gasteiger partial charge in [-0.2, -0.15) is 0 Å². The quantitative estimate of drug-likeness (QED) is 0.568. The van der Waals surface area contributed by atoms with Crippen molar-refractivity contribution in [2.24, 2.45) is 5.92 Å². The predicted octanol–water partition coefficient (Wildman–Crippen LogP) is 1.14. The Morgan fingerprint density at radius 1 is 1.67 bits per heavy atom. The maximum Gasteiger partial charge on any atom is 0.190 e. The third-order valence-electron chi connectivity index (χ3n) is 1.61. The van der Waals surface area contributed by atoms with Gasteiger partial charge in [0, 0.05) is 0 Å². The van der Waals surface area contributed by atoms with Gasteiger partial charge in [0.05, 0.1) is 0 Å². The van der Waals surface area contributed by atoms with Gasteiger partial charge in [-0.1, -0.05) is 13.8 Å². The minimum atomic E-state index is -0.801. The second-order valence-corrected chi connectivity index (χ2v) is 3.29. The molecule has 0 aromatic rings. The monoisotopic (exact) mass is 130 g/mol. The smallest absolute Gasteiger partial charge is 0.190 e. The van der Waals surface area contributed by atoms with Crippen molar-refractivity contribution in [2.45, 2.75) is 39.1 Å². The van der Waals surface area contributed by atoms with E-state index in [1.165, 1.54) is 0 Å². The van der Waals surface area contributed by atoms with Crippen LogP contribution in [0.25, 0.3) is 0 Å². The molecule has 2 atom stereocenters. The fraction of sp³-hybridized carbons (Fsp3) is 1.00. The van der Waals surface area contributed by atoms with Gasteiger partial charge in [0.25, 0.3) is 0 Å². The van der Waals surface area contributed by atoms with Crippen LogP contribution in [0.1, 0.15) is 27.2 Å². The maximum atomic E-state index is 9.12. The van der Waals surface area contributed by atoms with Crippen LogP contribution in [0.15, 0.2) is 0 Å². The Balaban J connectivity index is 2.20. The number of ether oxygens (including phenoxy) is 1. The Kier molecular flexibility index (Phi) is 1.53. The normalized spacial score (nSPS) is 41.7. The highest BCUT2D eigenvalue weighted by Gasteiger charge is 2.50. The highest BCUT2D eigenvalue weighted by Crippen LogP contribution is 2.36. The van der Waals surface area contributed by atoms with Crippen molar-refractivity contribution in [1.29, 1.82) is 0 Å². The first-order chi connectivity index (χ1) is 4.02. The highest BCUT2D eigenvalue weighted by molar-refractivity contribution is 4.88. The molecule has 1 N–H and O–H groups in total. The molecule has 1 unspecified atom stereocenters. The number of rotatable bonds is 2. The van der Waals surface area contributed by atoms with Crippen molar-refractivity contribution in [3.63, 3.8) is 0 Å². The topological polar surface area (TPSA) is 32.8 Å². The van der Waals surface area contributed by atoms with Gasteiger partial charge in [-0.05, 0) is 19.3 Å². The fourth-order valence-electron chi connectivity index (χ4n) is 0.949. The van der Waals surface area contributed by atoms with E-state index in [9.17, 15) is 0 Å². The third kappa shape index (κ3) is 1.66. The Labute approximate surface area is 55.8 Å². The molecule has 0 saturated carbocycles. The predicted molar refractivity (Wildman–Crippen MR) is 35.0 cm³/mol. The molecule has 1 aliphatic rings. The van der Waals surface area contributed by atoms with E-state index in [0.717, 1.165) is 6.42 Å². The molecular formula is C7H14O2. The van der Waals surface area contributed by atoms with Crippen LogP contribution in [0.5, 0.6) is 0 Å². The molecule has 0 radical (unpaired) electrons. The summed E-state index contributed by atoms with van der Waals surface area (Å²) in [5, 5.41) is 9.12. The van der Waals surface area contributed by atoms with Crippen molar-refractivity contribution in [3.05, 3.63) is 0 Å². The van der Waals surface area contributed by atoms with Gasteiger partial charge in [-0.25, -0.2) is 0 Å². The SMILES string of the molecule is CC(C)CC1O[C@@]1(C)O. The minimum Gasteiger partial charge on any atom is -0.364 e. The molecule has 9 heavy (non-hydrogen) atoms. The Morgan fingerprint density at radius 3 is 2.22 bits per heavy atom. The van der Waals surface area contributed by atoms with Crippen molar-refractivity contribution < 1.29 is 9.84 Å². The summed E-state index contributed by atoms with van der Waals surface area (Å²) < 4.78 is 4.97. The molecule has 1 heterocycles. The van der Waals surface area contributed by atoms with Crippen LogP contribution in [0.2, 0.25) is 0 Å². The van der Waals surface area contributed by atoms with E-state index in [-0.39, 0.29) is 6.10 Å². The summed E-state index contributed by atoms with van der Waals surface area (Å²) in [7, 11) is 0. The van der Waals surface area contributed by atoms with Crippen molar-refractivity contribution in [3.8, 4) is 0 Å². The average Bonchev–Trinajstić information content (AvgIpc) is 2.10. The number of hydrogen-bond donors (Lipinski definition) is 1. The molecule has 0 amide bonds. The second-order valence-electron chi connectivity index (χ2n) is 3.29. The molecule has 2 nitrogen and oxygen atoms in total. The first-order valence-electron chi connectivity index (χ1n) is 3.42. The van der Waals surface area contributed by atoms with E-state index in [0.29, 0.717) is 5.92 Å². The summed E-state index contributed by atoms with van der Waals surface area (Å²) in [4.78, 5) is 0. The summed E-state index contributed by atoms with van der Waals surface area (Å²) in [5.41, 5.74) is 0. The van der Waals surface area contributed by atoms with Gasteiger partial charge in [0.2, 0.25) is 0 Å². The fourth-order valence-corrected chi connectivity index (χ4v) is 0.949. The number of aliphatic hydroxyl groups is 1. The summed E-state index contributed by atoms with van der Waals surface area (Å²) in [6, 6.07) is 0. The van der Waals surface area contributed by atoms with Crippen LogP contribution in [-0.4, -0.2) is 17.0 Å². The van der Waals surface area contributed by atoms with Gasteiger partial charge in [0.1, 0.15) is 6.10 Å². The first kappa shape index (κ1) is 7.03. The van der Waals surface area contributed by atoms with Gasteiger partial charge in [-0.3, -0.25) is 0 Å². The molecule has 1 aliphatic heterocycles. The molecule has 2 heteroatoms. The molecule has 0 aromatic carbocycles. The van der Waals surface area contributed by atoms with Crippen LogP contribution >= 0.6 is 0 Å². The van der Waals surface area contributed by atoms with Gasteiger partial charge in [-0.15, -0.1) is 0 Å². The van der Waals surface area contributed by atoms with Crippen LogP contribution in [0.4, 0.5) is 0 Å². The largest absolute Gasteiger partial charge is 0.364 e. The summed E-state index contributed by atoms with van der Waals surface area (Å²) in [6.07, 6.45) is 1.06.